The second kappa shape index (κ2) is 3.91. The van der Waals surface area contributed by atoms with Gasteiger partial charge in [-0.2, -0.15) is 0 Å². The predicted octanol–water partition coefficient (Wildman–Crippen LogP) is 2.16. The number of hydrogen-bond donors (Lipinski definition) is 2. The molecule has 3 heteroatoms. The van der Waals surface area contributed by atoms with Gasteiger partial charge in [0.2, 0.25) is 5.91 Å². The molecule has 1 aromatic rings. The summed E-state index contributed by atoms with van der Waals surface area (Å²) in [6.45, 7) is 4.20. The normalized spacial score (nSPS) is 21.6. The number of aliphatic hydroxyl groups excluding tert-OH is 1. The third-order valence-electron chi connectivity index (χ3n) is 3.21. The van der Waals surface area contributed by atoms with Crippen LogP contribution in [0, 0.1) is 11.3 Å². The molecule has 86 valence electrons. The Morgan fingerprint density at radius 3 is 2.81 bits per heavy atom. The first-order valence-corrected chi connectivity index (χ1v) is 5.53. The average molecular weight is 219 g/mol. The average Bonchev–Trinajstić information content (AvgIpc) is 2.88. The summed E-state index contributed by atoms with van der Waals surface area (Å²) in [7, 11) is 0. The van der Waals surface area contributed by atoms with Gasteiger partial charge in [0, 0.05) is 11.6 Å². The molecule has 0 bridgehead atoms. The highest BCUT2D eigenvalue weighted by molar-refractivity contribution is 5.95. The summed E-state index contributed by atoms with van der Waals surface area (Å²) in [5.74, 6) is 0.213. The van der Waals surface area contributed by atoms with Crippen LogP contribution in [0.1, 0.15) is 25.8 Å². The Morgan fingerprint density at radius 1 is 1.56 bits per heavy atom. The lowest BCUT2D eigenvalue weighted by molar-refractivity contribution is -0.118. The van der Waals surface area contributed by atoms with Crippen LogP contribution in [0.5, 0.6) is 0 Å². The summed E-state index contributed by atoms with van der Waals surface area (Å²) in [6, 6.07) is 7.30. The van der Waals surface area contributed by atoms with Gasteiger partial charge in [0.15, 0.2) is 0 Å². The van der Waals surface area contributed by atoms with Crippen LogP contribution in [-0.2, 0) is 11.4 Å². The number of anilines is 1. The first kappa shape index (κ1) is 11.1. The van der Waals surface area contributed by atoms with Gasteiger partial charge in [-0.15, -0.1) is 0 Å². The molecule has 1 fully saturated rings. The topological polar surface area (TPSA) is 49.3 Å². The van der Waals surface area contributed by atoms with Gasteiger partial charge in [-0.25, -0.2) is 0 Å². The number of hydrogen-bond acceptors (Lipinski definition) is 2. The van der Waals surface area contributed by atoms with Crippen molar-refractivity contribution in [3.63, 3.8) is 0 Å². The van der Waals surface area contributed by atoms with Crippen molar-refractivity contribution in [2.75, 3.05) is 5.32 Å². The molecule has 1 aromatic carbocycles. The molecule has 0 radical (unpaired) electrons. The summed E-state index contributed by atoms with van der Waals surface area (Å²) in [6.07, 6.45) is 0.957. The Kier molecular flexibility index (Phi) is 2.72. The Bertz CT molecular complexity index is 412. The molecule has 0 aromatic heterocycles. The second-order valence-corrected chi connectivity index (χ2v) is 5.09. The molecule has 2 rings (SSSR count). The van der Waals surface area contributed by atoms with E-state index in [-0.39, 0.29) is 23.8 Å². The quantitative estimate of drug-likeness (QED) is 0.818. The molecule has 0 saturated heterocycles. The van der Waals surface area contributed by atoms with Gasteiger partial charge in [-0.1, -0.05) is 26.0 Å². The molecular formula is C13H17NO2. The first-order chi connectivity index (χ1) is 7.53. The minimum absolute atomic E-state index is 0.00136. The molecule has 2 N–H and O–H groups in total. The predicted molar refractivity (Wildman–Crippen MR) is 62.9 cm³/mol. The molecule has 1 aliphatic carbocycles. The Balaban J connectivity index is 2.01. The number of rotatable bonds is 3. The Morgan fingerprint density at radius 2 is 2.25 bits per heavy atom. The Hall–Kier alpha value is -1.35. The molecule has 1 atom stereocenters. The lowest BCUT2D eigenvalue weighted by Gasteiger charge is -2.07. The summed E-state index contributed by atoms with van der Waals surface area (Å²) in [5.41, 5.74) is 1.73. The van der Waals surface area contributed by atoms with Gasteiger partial charge < -0.3 is 10.4 Å². The van der Waals surface area contributed by atoms with Gasteiger partial charge >= 0.3 is 0 Å². The largest absolute Gasteiger partial charge is 0.392 e. The Labute approximate surface area is 95.5 Å². The number of carbonyl (C=O) groups is 1. The zero-order valence-corrected chi connectivity index (χ0v) is 9.66. The maximum atomic E-state index is 11.8. The van der Waals surface area contributed by atoms with Crippen molar-refractivity contribution in [2.45, 2.75) is 26.9 Å². The van der Waals surface area contributed by atoms with E-state index in [1.54, 1.807) is 6.07 Å². The van der Waals surface area contributed by atoms with Crippen LogP contribution in [0.2, 0.25) is 0 Å². The first-order valence-electron chi connectivity index (χ1n) is 5.53. The maximum Gasteiger partial charge on any atom is 0.228 e. The van der Waals surface area contributed by atoms with E-state index in [1.165, 1.54) is 0 Å². The van der Waals surface area contributed by atoms with E-state index < -0.39 is 0 Å². The lowest BCUT2D eigenvalue weighted by Crippen LogP contribution is -2.16. The molecule has 16 heavy (non-hydrogen) atoms. The minimum Gasteiger partial charge on any atom is -0.392 e. The van der Waals surface area contributed by atoms with E-state index in [0.717, 1.165) is 17.7 Å². The molecule has 0 spiro atoms. The van der Waals surface area contributed by atoms with Gasteiger partial charge in [-0.05, 0) is 29.5 Å². The number of amides is 1. The van der Waals surface area contributed by atoms with E-state index >= 15 is 0 Å². The third kappa shape index (κ3) is 2.25. The van der Waals surface area contributed by atoms with Crippen LogP contribution >= 0.6 is 0 Å². The van der Waals surface area contributed by atoms with Crippen molar-refractivity contribution < 1.29 is 9.90 Å². The lowest BCUT2D eigenvalue weighted by atomic mass is 10.1. The summed E-state index contributed by atoms with van der Waals surface area (Å²) in [5, 5.41) is 11.9. The highest BCUT2D eigenvalue weighted by Crippen LogP contribution is 2.51. The highest BCUT2D eigenvalue weighted by Gasteiger charge is 2.50. The molecule has 0 heterocycles. The fourth-order valence-corrected chi connectivity index (χ4v) is 1.89. The third-order valence-corrected chi connectivity index (χ3v) is 3.21. The second-order valence-electron chi connectivity index (χ2n) is 5.09. The van der Waals surface area contributed by atoms with Crippen LogP contribution in [0.4, 0.5) is 5.69 Å². The molecule has 3 nitrogen and oxygen atoms in total. The van der Waals surface area contributed by atoms with Crippen molar-refractivity contribution in [1.29, 1.82) is 0 Å². The standard InChI is InChI=1S/C13H17NO2/c1-13(2)7-11(13)12(16)14-10-5-3-4-9(6-10)8-15/h3-6,11,15H,7-8H2,1-2H3,(H,14,16)/t11-/m1/s1. The van der Waals surface area contributed by atoms with Gasteiger partial charge in [0.05, 0.1) is 6.61 Å². The van der Waals surface area contributed by atoms with Gasteiger partial charge in [0.1, 0.15) is 0 Å². The van der Waals surface area contributed by atoms with Crippen LogP contribution in [0.15, 0.2) is 24.3 Å². The van der Waals surface area contributed by atoms with E-state index in [9.17, 15) is 4.79 Å². The van der Waals surface area contributed by atoms with Crippen LogP contribution < -0.4 is 5.32 Å². The fourth-order valence-electron chi connectivity index (χ4n) is 1.89. The zero-order valence-electron chi connectivity index (χ0n) is 9.66. The van der Waals surface area contributed by atoms with Gasteiger partial charge in [-0.3, -0.25) is 4.79 Å². The fraction of sp³-hybridized carbons (Fsp3) is 0.462. The summed E-state index contributed by atoms with van der Waals surface area (Å²) >= 11 is 0. The van der Waals surface area contributed by atoms with Crippen molar-refractivity contribution >= 4 is 11.6 Å². The van der Waals surface area contributed by atoms with Crippen molar-refractivity contribution in [2.24, 2.45) is 11.3 Å². The smallest absolute Gasteiger partial charge is 0.228 e. The zero-order chi connectivity index (χ0) is 11.8. The summed E-state index contributed by atoms with van der Waals surface area (Å²) in [4.78, 5) is 11.8. The summed E-state index contributed by atoms with van der Waals surface area (Å²) < 4.78 is 0. The van der Waals surface area contributed by atoms with E-state index in [2.05, 4.69) is 19.2 Å². The maximum absolute atomic E-state index is 11.8. The molecular weight excluding hydrogens is 202 g/mol. The SMILES string of the molecule is CC1(C)C[C@@H]1C(=O)Nc1cccc(CO)c1. The molecule has 1 aliphatic rings. The molecule has 0 aliphatic heterocycles. The van der Waals surface area contributed by atoms with E-state index in [0.29, 0.717) is 0 Å². The van der Waals surface area contributed by atoms with Crippen LogP contribution in [-0.4, -0.2) is 11.0 Å². The molecule has 0 unspecified atom stereocenters. The van der Waals surface area contributed by atoms with Crippen molar-refractivity contribution in [1.82, 2.24) is 0 Å². The van der Waals surface area contributed by atoms with E-state index in [1.807, 2.05) is 18.2 Å². The number of nitrogens with one attached hydrogen (secondary N) is 1. The molecule has 1 saturated carbocycles. The van der Waals surface area contributed by atoms with Crippen molar-refractivity contribution in [3.05, 3.63) is 29.8 Å². The van der Waals surface area contributed by atoms with Crippen LogP contribution in [0.25, 0.3) is 0 Å². The number of benzene rings is 1. The molecule has 1 amide bonds. The van der Waals surface area contributed by atoms with Crippen molar-refractivity contribution in [3.8, 4) is 0 Å². The number of carbonyl (C=O) groups excluding carboxylic acids is 1. The monoisotopic (exact) mass is 219 g/mol. The highest BCUT2D eigenvalue weighted by atomic mass is 16.3. The minimum atomic E-state index is -0.00136. The van der Waals surface area contributed by atoms with E-state index in [4.69, 9.17) is 5.11 Å². The number of aliphatic hydroxyl groups is 1. The van der Waals surface area contributed by atoms with Crippen LogP contribution in [0.3, 0.4) is 0 Å². The van der Waals surface area contributed by atoms with Gasteiger partial charge in [0.25, 0.3) is 0 Å².